The van der Waals surface area contributed by atoms with E-state index in [0.717, 1.165) is 16.8 Å². The van der Waals surface area contributed by atoms with Crippen molar-refractivity contribution >= 4 is 17.9 Å². The van der Waals surface area contributed by atoms with Gasteiger partial charge in [0.25, 0.3) is 0 Å². The number of aldehydes is 1. The Labute approximate surface area is 180 Å². The summed E-state index contributed by atoms with van der Waals surface area (Å²) >= 11 is 5.95. The zero-order chi connectivity index (χ0) is 22.3. The van der Waals surface area contributed by atoms with E-state index in [9.17, 15) is 15.2 Å². The van der Waals surface area contributed by atoms with Crippen LogP contribution in [0.15, 0.2) is 36.5 Å². The van der Waals surface area contributed by atoms with Crippen molar-refractivity contribution in [2.75, 3.05) is 0 Å². The van der Waals surface area contributed by atoms with Crippen LogP contribution in [0.25, 0.3) is 11.1 Å². The number of nitrogens with zero attached hydrogens (tertiary/aromatic N) is 4. The van der Waals surface area contributed by atoms with Gasteiger partial charge >= 0.3 is 0 Å². The van der Waals surface area contributed by atoms with Gasteiger partial charge in [0.2, 0.25) is 0 Å². The standard InChI is InChI=1S/C21H15ClN4O2.C2H6/c1-13-20(16-4-2-14(7-23)3-5-16)18(8-24)19(12-28)26(13)10-15-6-17(11-27)21(22)25-9-15;1-2/h2-6,9,12,27H,10-11H2,1H3;1-2H3. The monoisotopic (exact) mass is 420 g/mol. The predicted octanol–water partition coefficient (Wildman–Crippen LogP) is 4.63. The lowest BCUT2D eigenvalue weighted by atomic mass is 10.00. The van der Waals surface area contributed by atoms with E-state index in [0.29, 0.717) is 29.5 Å². The maximum absolute atomic E-state index is 11.8. The van der Waals surface area contributed by atoms with Crippen LogP contribution in [0, 0.1) is 29.6 Å². The number of rotatable bonds is 5. The van der Waals surface area contributed by atoms with Gasteiger partial charge < -0.3 is 9.67 Å². The maximum Gasteiger partial charge on any atom is 0.167 e. The Morgan fingerprint density at radius 3 is 2.40 bits per heavy atom. The summed E-state index contributed by atoms with van der Waals surface area (Å²) in [5, 5.41) is 28.3. The molecule has 0 saturated heterocycles. The second kappa shape index (κ2) is 10.4. The Hall–Kier alpha value is -3.45. The van der Waals surface area contributed by atoms with Crippen molar-refractivity contribution in [1.82, 2.24) is 9.55 Å². The summed E-state index contributed by atoms with van der Waals surface area (Å²) in [5.41, 5.74) is 4.43. The second-order valence-electron chi connectivity index (χ2n) is 6.18. The van der Waals surface area contributed by atoms with Crippen molar-refractivity contribution in [3.8, 4) is 23.3 Å². The van der Waals surface area contributed by atoms with Crippen LogP contribution in [-0.2, 0) is 13.2 Å². The van der Waals surface area contributed by atoms with Crippen LogP contribution < -0.4 is 0 Å². The molecule has 0 bridgehead atoms. The molecule has 0 radical (unpaired) electrons. The smallest absolute Gasteiger partial charge is 0.167 e. The molecule has 152 valence electrons. The van der Waals surface area contributed by atoms with Gasteiger partial charge in [0.15, 0.2) is 6.29 Å². The molecule has 1 N–H and O–H groups in total. The van der Waals surface area contributed by atoms with Crippen molar-refractivity contribution < 1.29 is 9.90 Å². The summed E-state index contributed by atoms with van der Waals surface area (Å²) in [6.45, 7) is 5.88. The molecule has 2 aromatic heterocycles. The van der Waals surface area contributed by atoms with E-state index < -0.39 is 0 Å². The van der Waals surface area contributed by atoms with Gasteiger partial charge in [0.1, 0.15) is 16.9 Å². The van der Waals surface area contributed by atoms with E-state index in [1.807, 2.05) is 20.8 Å². The number of aromatic nitrogens is 2. The number of aliphatic hydroxyl groups is 1. The molecule has 3 rings (SSSR count). The molecule has 0 atom stereocenters. The number of carbonyl (C=O) groups excluding carboxylic acids is 1. The molecule has 2 heterocycles. The minimum Gasteiger partial charge on any atom is -0.392 e. The normalized spacial score (nSPS) is 9.83. The van der Waals surface area contributed by atoms with E-state index in [-0.39, 0.29) is 23.0 Å². The highest BCUT2D eigenvalue weighted by Crippen LogP contribution is 2.32. The van der Waals surface area contributed by atoms with Gasteiger partial charge in [-0.05, 0) is 36.2 Å². The molecule has 7 heteroatoms. The van der Waals surface area contributed by atoms with Crippen LogP contribution in [0.4, 0.5) is 0 Å². The van der Waals surface area contributed by atoms with Crippen LogP contribution in [0.1, 0.15) is 52.3 Å². The first kappa shape index (κ1) is 22.8. The number of pyridine rings is 1. The fraction of sp³-hybridized carbons (Fsp3) is 0.217. The first-order valence-corrected chi connectivity index (χ1v) is 9.74. The lowest BCUT2D eigenvalue weighted by molar-refractivity contribution is 0.111. The fourth-order valence-electron chi connectivity index (χ4n) is 3.19. The summed E-state index contributed by atoms with van der Waals surface area (Å²) in [6, 6.07) is 12.8. The molecule has 0 saturated carbocycles. The summed E-state index contributed by atoms with van der Waals surface area (Å²) in [6.07, 6.45) is 2.23. The Morgan fingerprint density at radius 1 is 1.20 bits per heavy atom. The Balaban J connectivity index is 0.00000155. The van der Waals surface area contributed by atoms with Crippen molar-refractivity contribution in [3.05, 3.63) is 75.3 Å². The van der Waals surface area contributed by atoms with E-state index in [1.165, 1.54) is 0 Å². The number of hydrogen-bond donors (Lipinski definition) is 1. The summed E-state index contributed by atoms with van der Waals surface area (Å²) in [4.78, 5) is 15.8. The van der Waals surface area contributed by atoms with Crippen LogP contribution >= 0.6 is 11.6 Å². The van der Waals surface area contributed by atoms with Gasteiger partial charge in [-0.2, -0.15) is 10.5 Å². The maximum atomic E-state index is 11.8. The van der Waals surface area contributed by atoms with Crippen molar-refractivity contribution in [1.29, 1.82) is 10.5 Å². The molecule has 0 aliphatic carbocycles. The molecule has 0 unspecified atom stereocenters. The quantitative estimate of drug-likeness (QED) is 0.478. The average Bonchev–Trinajstić information content (AvgIpc) is 3.06. The molecule has 0 spiro atoms. The molecule has 30 heavy (non-hydrogen) atoms. The van der Waals surface area contributed by atoms with Gasteiger partial charge in [-0.3, -0.25) is 4.79 Å². The molecular formula is C23H21ClN4O2. The third-order valence-electron chi connectivity index (χ3n) is 4.57. The highest BCUT2D eigenvalue weighted by molar-refractivity contribution is 6.30. The van der Waals surface area contributed by atoms with E-state index in [4.69, 9.17) is 16.9 Å². The van der Waals surface area contributed by atoms with E-state index >= 15 is 0 Å². The third-order valence-corrected chi connectivity index (χ3v) is 4.91. The molecule has 0 aliphatic rings. The first-order chi connectivity index (χ1) is 14.5. The minimum absolute atomic E-state index is 0.224. The van der Waals surface area contributed by atoms with Gasteiger partial charge in [-0.15, -0.1) is 0 Å². The van der Waals surface area contributed by atoms with Crippen molar-refractivity contribution in [2.45, 2.75) is 33.9 Å². The fourth-order valence-corrected chi connectivity index (χ4v) is 3.35. The van der Waals surface area contributed by atoms with E-state index in [1.54, 1.807) is 41.1 Å². The Kier molecular flexibility index (Phi) is 7.89. The number of halogens is 1. The summed E-state index contributed by atoms with van der Waals surface area (Å²) in [7, 11) is 0. The van der Waals surface area contributed by atoms with E-state index in [2.05, 4.69) is 17.1 Å². The lowest BCUT2D eigenvalue weighted by Gasteiger charge is -2.11. The molecule has 0 fully saturated rings. The Morgan fingerprint density at radius 2 is 1.87 bits per heavy atom. The Bertz CT molecular complexity index is 1140. The molecular weight excluding hydrogens is 400 g/mol. The molecule has 3 aromatic rings. The van der Waals surface area contributed by atoms with Crippen LogP contribution in [-0.4, -0.2) is 20.9 Å². The van der Waals surface area contributed by atoms with Gasteiger partial charge in [-0.1, -0.05) is 37.6 Å². The van der Waals surface area contributed by atoms with Gasteiger partial charge in [0, 0.05) is 29.6 Å². The van der Waals surface area contributed by atoms with Crippen molar-refractivity contribution in [3.63, 3.8) is 0 Å². The second-order valence-corrected chi connectivity index (χ2v) is 6.54. The molecule has 0 amide bonds. The zero-order valence-electron chi connectivity index (χ0n) is 17.0. The van der Waals surface area contributed by atoms with Gasteiger partial charge in [0.05, 0.1) is 23.8 Å². The van der Waals surface area contributed by atoms with Crippen LogP contribution in [0.2, 0.25) is 5.15 Å². The number of nitriles is 2. The van der Waals surface area contributed by atoms with Crippen LogP contribution in [0.5, 0.6) is 0 Å². The highest BCUT2D eigenvalue weighted by Gasteiger charge is 2.21. The van der Waals surface area contributed by atoms with Crippen molar-refractivity contribution in [2.24, 2.45) is 0 Å². The van der Waals surface area contributed by atoms with Gasteiger partial charge in [-0.25, -0.2) is 4.98 Å². The third kappa shape index (κ3) is 4.41. The highest BCUT2D eigenvalue weighted by atomic mass is 35.5. The number of carbonyl (C=O) groups is 1. The summed E-state index contributed by atoms with van der Waals surface area (Å²) in [5.74, 6) is 0. The topological polar surface area (TPSA) is 103 Å². The zero-order valence-corrected chi connectivity index (χ0v) is 17.7. The summed E-state index contributed by atoms with van der Waals surface area (Å²) < 4.78 is 1.74. The predicted molar refractivity (Wildman–Crippen MR) is 115 cm³/mol. The van der Waals surface area contributed by atoms with Crippen LogP contribution in [0.3, 0.4) is 0 Å². The molecule has 0 aliphatic heterocycles. The SMILES string of the molecule is CC.Cc1c(-c2ccc(C#N)cc2)c(C#N)c(C=O)n1Cc1cnc(Cl)c(CO)c1. The number of aliphatic hydroxyl groups excluding tert-OH is 1. The largest absolute Gasteiger partial charge is 0.392 e. The minimum atomic E-state index is -0.245. The first-order valence-electron chi connectivity index (χ1n) is 9.37. The molecule has 6 nitrogen and oxygen atoms in total. The number of hydrogen-bond acceptors (Lipinski definition) is 5. The molecule has 1 aromatic carbocycles. The lowest BCUT2D eigenvalue weighted by Crippen LogP contribution is -2.07. The number of benzene rings is 1. The average molecular weight is 421 g/mol.